The van der Waals surface area contributed by atoms with E-state index >= 15 is 0 Å². The van der Waals surface area contributed by atoms with Crippen LogP contribution in [0.2, 0.25) is 0 Å². The smallest absolute Gasteiger partial charge is 0.161 e. The van der Waals surface area contributed by atoms with Crippen molar-refractivity contribution in [1.29, 1.82) is 0 Å². The van der Waals surface area contributed by atoms with Crippen molar-refractivity contribution in [1.82, 2.24) is 9.97 Å². The van der Waals surface area contributed by atoms with Crippen molar-refractivity contribution >= 4 is 93.2 Å². The second-order valence-corrected chi connectivity index (χ2v) is 16.2. The lowest BCUT2D eigenvalue weighted by Gasteiger charge is -2.30. The van der Waals surface area contributed by atoms with Crippen LogP contribution in [0.1, 0.15) is 0 Å². The molecule has 0 saturated carbocycles. The summed E-state index contributed by atoms with van der Waals surface area (Å²) in [4.78, 5) is 15.5. The Morgan fingerprint density at radius 2 is 1.23 bits per heavy atom. The molecule has 4 heterocycles. The van der Waals surface area contributed by atoms with Gasteiger partial charge in [0.1, 0.15) is 11.2 Å². The molecular formula is C50H29N3OS2. The first-order valence-electron chi connectivity index (χ1n) is 18.7. The number of para-hydroxylation sites is 2. The number of hydrogen-bond acceptors (Lipinski definition) is 6. The number of anilines is 3. The molecule has 12 rings (SSSR count). The molecule has 1 aliphatic heterocycles. The molecule has 3 aromatic heterocycles. The maximum absolute atomic E-state index is 6.24. The molecule has 8 aromatic carbocycles. The summed E-state index contributed by atoms with van der Waals surface area (Å²) in [5.41, 5.74) is 11.6. The minimum absolute atomic E-state index is 0.741. The van der Waals surface area contributed by atoms with Gasteiger partial charge in [-0.3, -0.25) is 0 Å². The van der Waals surface area contributed by atoms with E-state index in [9.17, 15) is 0 Å². The molecule has 0 N–H and O–H groups in total. The second-order valence-electron chi connectivity index (χ2n) is 14.1. The average molecular weight is 752 g/mol. The highest BCUT2D eigenvalue weighted by molar-refractivity contribution is 8.00. The van der Waals surface area contributed by atoms with Crippen LogP contribution >= 0.6 is 23.1 Å². The zero-order valence-electron chi connectivity index (χ0n) is 29.8. The normalized spacial score (nSPS) is 12.2. The van der Waals surface area contributed by atoms with Crippen molar-refractivity contribution in [2.45, 2.75) is 9.79 Å². The van der Waals surface area contributed by atoms with Gasteiger partial charge in [0, 0.05) is 58.5 Å². The molecule has 0 atom stereocenters. The molecule has 0 amide bonds. The Bertz CT molecular complexity index is 3350. The maximum atomic E-state index is 6.24. The number of aromatic nitrogens is 2. The largest absolute Gasteiger partial charge is 0.456 e. The number of furan rings is 1. The summed E-state index contributed by atoms with van der Waals surface area (Å²) in [6.07, 6.45) is 0. The molecule has 56 heavy (non-hydrogen) atoms. The fourth-order valence-electron chi connectivity index (χ4n) is 8.37. The molecule has 0 aliphatic carbocycles. The number of fused-ring (bicyclic) bond motifs is 8. The van der Waals surface area contributed by atoms with Crippen molar-refractivity contribution in [2.75, 3.05) is 4.90 Å². The highest BCUT2D eigenvalue weighted by Crippen LogP contribution is 2.54. The van der Waals surface area contributed by atoms with Crippen LogP contribution in [0.3, 0.4) is 0 Å². The van der Waals surface area contributed by atoms with E-state index in [4.69, 9.17) is 14.4 Å². The van der Waals surface area contributed by atoms with Gasteiger partial charge in [-0.25, -0.2) is 9.97 Å². The van der Waals surface area contributed by atoms with Gasteiger partial charge in [-0.15, -0.1) is 11.3 Å². The van der Waals surface area contributed by atoms with Crippen molar-refractivity contribution in [3.05, 3.63) is 176 Å². The molecule has 1 aliphatic rings. The fraction of sp³-hybridized carbons (Fsp3) is 0. The lowest BCUT2D eigenvalue weighted by Crippen LogP contribution is -2.12. The van der Waals surface area contributed by atoms with Gasteiger partial charge >= 0.3 is 0 Å². The Labute approximate surface area is 330 Å². The minimum Gasteiger partial charge on any atom is -0.456 e. The third-order valence-corrected chi connectivity index (χ3v) is 13.2. The van der Waals surface area contributed by atoms with Crippen molar-refractivity contribution in [3.63, 3.8) is 0 Å². The monoisotopic (exact) mass is 751 g/mol. The van der Waals surface area contributed by atoms with Crippen molar-refractivity contribution in [2.24, 2.45) is 0 Å². The predicted octanol–water partition coefficient (Wildman–Crippen LogP) is 14.8. The van der Waals surface area contributed by atoms with Crippen LogP contribution < -0.4 is 4.90 Å². The first kappa shape index (κ1) is 31.6. The van der Waals surface area contributed by atoms with Gasteiger partial charge in [0.05, 0.1) is 21.6 Å². The van der Waals surface area contributed by atoms with Gasteiger partial charge in [-0.2, -0.15) is 0 Å². The molecule has 0 spiro atoms. The first-order valence-corrected chi connectivity index (χ1v) is 20.3. The van der Waals surface area contributed by atoms with Crippen LogP contribution in [0.5, 0.6) is 0 Å². The number of thiophene rings is 1. The second kappa shape index (κ2) is 12.4. The van der Waals surface area contributed by atoms with E-state index in [0.717, 1.165) is 82.6 Å². The van der Waals surface area contributed by atoms with Gasteiger partial charge in [0.25, 0.3) is 0 Å². The van der Waals surface area contributed by atoms with E-state index < -0.39 is 0 Å². The molecule has 0 bridgehead atoms. The Kier molecular flexibility index (Phi) is 7.00. The van der Waals surface area contributed by atoms with Crippen LogP contribution in [-0.2, 0) is 0 Å². The van der Waals surface area contributed by atoms with E-state index in [0.29, 0.717) is 0 Å². The van der Waals surface area contributed by atoms with E-state index in [2.05, 4.69) is 169 Å². The number of nitrogens with zero attached hydrogens (tertiary/aromatic N) is 3. The summed E-state index contributed by atoms with van der Waals surface area (Å²) in [5, 5.41) is 5.77. The van der Waals surface area contributed by atoms with Crippen LogP contribution in [0.4, 0.5) is 17.1 Å². The standard InChI is InChI=1S/C50H29N3OS2/c1-3-13-30(14-4-1)46-49-47(38-18-8-10-24-43(38)55-49)52-50(51-46)37-26-28-44-45-34(19-11-20-35(37)45)36-21-12-22-40(48(36)56-44)53(31-15-5-2-6-16-31)32-25-27-42-39(29-32)33-17-7-9-23-41(33)54-42/h1-29H. The molecule has 262 valence electrons. The first-order chi connectivity index (χ1) is 27.8. The zero-order valence-corrected chi connectivity index (χ0v) is 31.4. The number of benzene rings is 8. The van der Waals surface area contributed by atoms with Gasteiger partial charge in [-0.05, 0) is 77.2 Å². The molecule has 0 radical (unpaired) electrons. The predicted molar refractivity (Wildman–Crippen MR) is 235 cm³/mol. The highest BCUT2D eigenvalue weighted by Gasteiger charge is 2.27. The summed E-state index contributed by atoms with van der Waals surface area (Å²) in [6, 6.07) is 62.4. The third kappa shape index (κ3) is 4.80. The minimum atomic E-state index is 0.741. The molecule has 0 unspecified atom stereocenters. The summed E-state index contributed by atoms with van der Waals surface area (Å²) in [7, 11) is 0. The lowest BCUT2D eigenvalue weighted by atomic mass is 9.94. The van der Waals surface area contributed by atoms with E-state index in [1.165, 1.54) is 31.0 Å². The van der Waals surface area contributed by atoms with E-state index in [1.807, 2.05) is 23.9 Å². The topological polar surface area (TPSA) is 42.2 Å². The van der Waals surface area contributed by atoms with Gasteiger partial charge in [0.15, 0.2) is 5.82 Å². The Morgan fingerprint density at radius 3 is 2.12 bits per heavy atom. The van der Waals surface area contributed by atoms with Crippen molar-refractivity contribution < 1.29 is 4.42 Å². The molecule has 0 saturated heterocycles. The fourth-order valence-corrected chi connectivity index (χ4v) is 10.8. The molecule has 11 aromatic rings. The molecule has 6 heteroatoms. The number of rotatable bonds is 5. The van der Waals surface area contributed by atoms with E-state index in [1.54, 1.807) is 11.3 Å². The third-order valence-electron chi connectivity index (χ3n) is 10.9. The lowest BCUT2D eigenvalue weighted by molar-refractivity contribution is 0.669. The SMILES string of the molecule is c1ccc(-c2nc(-c3ccc4c5c(cccc35)-c3cccc(N(c5ccccc5)c5ccc6oc7ccccc7c6c5)c3S4)nc3c2sc2ccccc23)cc1. The Hall–Kier alpha value is -6.73. The van der Waals surface area contributed by atoms with Crippen LogP contribution in [0.15, 0.2) is 190 Å². The molecule has 0 fully saturated rings. The summed E-state index contributed by atoms with van der Waals surface area (Å²) in [6.45, 7) is 0. The van der Waals surface area contributed by atoms with Crippen LogP contribution in [0, 0.1) is 0 Å². The molecule has 4 nitrogen and oxygen atoms in total. The molecular weight excluding hydrogens is 723 g/mol. The number of hydrogen-bond donors (Lipinski definition) is 0. The van der Waals surface area contributed by atoms with Gasteiger partial charge in [0.2, 0.25) is 0 Å². The Balaban J connectivity index is 1.05. The summed E-state index contributed by atoms with van der Waals surface area (Å²) >= 11 is 3.60. The van der Waals surface area contributed by atoms with Crippen molar-refractivity contribution in [3.8, 4) is 33.8 Å². The zero-order chi connectivity index (χ0) is 36.7. The van der Waals surface area contributed by atoms with Gasteiger partial charge in [-0.1, -0.05) is 127 Å². The average Bonchev–Trinajstić information content (AvgIpc) is 3.83. The quantitative estimate of drug-likeness (QED) is 0.175. The summed E-state index contributed by atoms with van der Waals surface area (Å²) < 4.78 is 8.57. The summed E-state index contributed by atoms with van der Waals surface area (Å²) in [5.74, 6) is 0.741. The van der Waals surface area contributed by atoms with E-state index in [-0.39, 0.29) is 0 Å². The Morgan fingerprint density at radius 1 is 0.500 bits per heavy atom. The van der Waals surface area contributed by atoms with Crippen LogP contribution in [0.25, 0.3) is 86.8 Å². The highest BCUT2D eigenvalue weighted by atomic mass is 32.2. The van der Waals surface area contributed by atoms with Gasteiger partial charge < -0.3 is 9.32 Å². The van der Waals surface area contributed by atoms with Crippen LogP contribution in [-0.4, -0.2) is 9.97 Å². The maximum Gasteiger partial charge on any atom is 0.161 e.